The van der Waals surface area contributed by atoms with Crippen LogP contribution in [0.4, 0.5) is 5.69 Å². The molecule has 0 saturated heterocycles. The summed E-state index contributed by atoms with van der Waals surface area (Å²) in [5.41, 5.74) is 1.03. The number of rotatable bonds is 6. The molecule has 0 heterocycles. The Morgan fingerprint density at radius 1 is 0.714 bits per heavy atom. The van der Waals surface area contributed by atoms with E-state index in [1.54, 1.807) is 0 Å². The van der Waals surface area contributed by atoms with Crippen molar-refractivity contribution in [3.8, 4) is 0 Å². The Labute approximate surface area is 166 Å². The van der Waals surface area contributed by atoms with E-state index in [0.29, 0.717) is 0 Å². The largest absolute Gasteiger partial charge is 0.374 e. The van der Waals surface area contributed by atoms with Gasteiger partial charge in [0.15, 0.2) is 7.14 Å². The molecule has 0 spiro atoms. The van der Waals surface area contributed by atoms with Gasteiger partial charge in [-0.3, -0.25) is 0 Å². The van der Waals surface area contributed by atoms with Gasteiger partial charge in [-0.15, -0.1) is 0 Å². The molecule has 0 aromatic heterocycles. The van der Waals surface area contributed by atoms with Gasteiger partial charge in [0.2, 0.25) is 0 Å². The van der Waals surface area contributed by atoms with E-state index >= 15 is 0 Å². The molecule has 0 aliphatic heterocycles. The zero-order valence-electron chi connectivity index (χ0n) is 16.0. The highest BCUT2D eigenvalue weighted by Crippen LogP contribution is 2.50. The van der Waals surface area contributed by atoms with Crippen molar-refractivity contribution in [2.75, 3.05) is 5.32 Å². The Morgan fingerprint density at radius 2 is 1.25 bits per heavy atom. The van der Waals surface area contributed by atoms with E-state index in [0.717, 1.165) is 28.1 Å². The van der Waals surface area contributed by atoms with Crippen molar-refractivity contribution < 1.29 is 4.57 Å². The molecule has 0 amide bonds. The summed E-state index contributed by atoms with van der Waals surface area (Å²) in [7, 11) is -2.89. The van der Waals surface area contributed by atoms with Crippen molar-refractivity contribution >= 4 is 34.2 Å². The van der Waals surface area contributed by atoms with Crippen molar-refractivity contribution in [1.82, 2.24) is 0 Å². The van der Waals surface area contributed by atoms with Crippen LogP contribution >= 0.6 is 7.14 Å². The first-order valence-corrected chi connectivity index (χ1v) is 11.5. The van der Waals surface area contributed by atoms with Crippen LogP contribution in [0.1, 0.15) is 13.3 Å². The first-order valence-electron chi connectivity index (χ1n) is 9.68. The molecule has 4 aromatic carbocycles. The minimum atomic E-state index is -2.89. The SMILES string of the molecule is CCC(Nc1cccc2ccccc12)P(=O)(c1ccccc1)c1ccccc1. The zero-order valence-corrected chi connectivity index (χ0v) is 16.8. The van der Waals surface area contributed by atoms with Crippen LogP contribution in [0.15, 0.2) is 103 Å². The van der Waals surface area contributed by atoms with Gasteiger partial charge in [-0.1, -0.05) is 104 Å². The summed E-state index contributed by atoms with van der Waals surface area (Å²) in [4.78, 5) is 0. The lowest BCUT2D eigenvalue weighted by molar-refractivity contribution is 0.579. The number of hydrogen-bond acceptors (Lipinski definition) is 2. The fourth-order valence-electron chi connectivity index (χ4n) is 3.79. The summed E-state index contributed by atoms with van der Waals surface area (Å²) in [6.45, 7) is 2.10. The number of nitrogens with one attached hydrogen (secondary N) is 1. The topological polar surface area (TPSA) is 29.1 Å². The Kier molecular flexibility index (Phi) is 5.32. The summed E-state index contributed by atoms with van der Waals surface area (Å²) in [5.74, 6) is -0.192. The van der Waals surface area contributed by atoms with Crippen molar-refractivity contribution in [3.63, 3.8) is 0 Å². The number of benzene rings is 4. The lowest BCUT2D eigenvalue weighted by atomic mass is 10.1. The van der Waals surface area contributed by atoms with Gasteiger partial charge in [-0.05, 0) is 17.9 Å². The Hall–Kier alpha value is -2.83. The maximum Gasteiger partial charge on any atom is 0.164 e. The van der Waals surface area contributed by atoms with Crippen LogP contribution < -0.4 is 15.9 Å². The van der Waals surface area contributed by atoms with Crippen LogP contribution in [-0.4, -0.2) is 5.78 Å². The lowest BCUT2D eigenvalue weighted by Gasteiger charge is -2.30. The third-order valence-corrected chi connectivity index (χ3v) is 8.72. The van der Waals surface area contributed by atoms with Gasteiger partial charge in [0.05, 0.1) is 5.78 Å². The number of anilines is 1. The Morgan fingerprint density at radius 3 is 1.86 bits per heavy atom. The second-order valence-corrected chi connectivity index (χ2v) is 9.90. The summed E-state index contributed by atoms with van der Waals surface area (Å²) in [6, 6.07) is 34.3. The molecule has 0 aliphatic rings. The fourth-order valence-corrected chi connectivity index (χ4v) is 6.87. The van der Waals surface area contributed by atoms with Crippen LogP contribution in [-0.2, 0) is 4.57 Å². The van der Waals surface area contributed by atoms with E-state index in [4.69, 9.17) is 0 Å². The van der Waals surface area contributed by atoms with Crippen molar-refractivity contribution in [2.24, 2.45) is 0 Å². The van der Waals surface area contributed by atoms with Gasteiger partial charge in [0, 0.05) is 21.7 Å². The van der Waals surface area contributed by atoms with Gasteiger partial charge in [0.1, 0.15) is 0 Å². The normalized spacial score (nSPS) is 12.6. The Bertz CT molecular complexity index is 1060. The fraction of sp³-hybridized carbons (Fsp3) is 0.120. The van der Waals surface area contributed by atoms with E-state index in [2.05, 4.69) is 36.5 Å². The smallest absolute Gasteiger partial charge is 0.164 e. The number of fused-ring (bicyclic) bond motifs is 1. The molecule has 0 saturated carbocycles. The molecule has 4 aromatic rings. The highest BCUT2D eigenvalue weighted by atomic mass is 31.2. The predicted octanol–water partition coefficient (Wildman–Crippen LogP) is 6.00. The van der Waals surface area contributed by atoms with E-state index in [-0.39, 0.29) is 5.78 Å². The molecule has 0 aliphatic carbocycles. The van der Waals surface area contributed by atoms with Crippen LogP contribution in [0.25, 0.3) is 10.8 Å². The van der Waals surface area contributed by atoms with Crippen LogP contribution in [0.3, 0.4) is 0 Å². The molecule has 0 radical (unpaired) electrons. The molecule has 28 heavy (non-hydrogen) atoms. The standard InChI is InChI=1S/C25H24NOP/c1-2-25(26-24-19-11-13-20-12-9-10-18-23(20)24)28(27,21-14-5-3-6-15-21)22-16-7-4-8-17-22/h3-19,25-26H,2H2,1H3. The maximum atomic E-state index is 14.6. The van der Waals surface area contributed by atoms with Crippen LogP contribution in [0, 0.1) is 0 Å². The summed E-state index contributed by atoms with van der Waals surface area (Å²) in [6.07, 6.45) is 0.754. The molecule has 4 rings (SSSR count). The van der Waals surface area contributed by atoms with Gasteiger partial charge in [-0.25, -0.2) is 0 Å². The molecule has 1 atom stereocenters. The average Bonchev–Trinajstić information content (AvgIpc) is 2.78. The molecule has 0 bridgehead atoms. The zero-order chi connectivity index (χ0) is 19.4. The van der Waals surface area contributed by atoms with E-state index in [9.17, 15) is 4.57 Å². The van der Waals surface area contributed by atoms with Crippen molar-refractivity contribution in [1.29, 1.82) is 0 Å². The molecule has 0 fully saturated rings. The first kappa shape index (κ1) is 18.5. The second-order valence-electron chi connectivity index (χ2n) is 6.92. The van der Waals surface area contributed by atoms with E-state index < -0.39 is 7.14 Å². The molecule has 2 nitrogen and oxygen atoms in total. The van der Waals surface area contributed by atoms with E-state index in [1.165, 1.54) is 5.39 Å². The number of hydrogen-bond donors (Lipinski definition) is 1. The van der Waals surface area contributed by atoms with Crippen molar-refractivity contribution in [2.45, 2.75) is 19.1 Å². The first-order chi connectivity index (χ1) is 13.7. The average molecular weight is 385 g/mol. The predicted molar refractivity (Wildman–Crippen MR) is 121 cm³/mol. The quantitative estimate of drug-likeness (QED) is 0.412. The van der Waals surface area contributed by atoms with Gasteiger partial charge >= 0.3 is 0 Å². The molecular weight excluding hydrogens is 361 g/mol. The van der Waals surface area contributed by atoms with Gasteiger partial charge < -0.3 is 9.88 Å². The molecule has 140 valence electrons. The summed E-state index contributed by atoms with van der Waals surface area (Å²) in [5, 5.41) is 7.75. The minimum Gasteiger partial charge on any atom is -0.374 e. The van der Waals surface area contributed by atoms with Crippen molar-refractivity contribution in [3.05, 3.63) is 103 Å². The lowest BCUT2D eigenvalue weighted by Crippen LogP contribution is -2.31. The molecule has 1 N–H and O–H groups in total. The van der Waals surface area contributed by atoms with E-state index in [1.807, 2.05) is 78.9 Å². The van der Waals surface area contributed by atoms with Gasteiger partial charge in [0.25, 0.3) is 0 Å². The summed E-state index contributed by atoms with van der Waals surface area (Å²) < 4.78 is 14.6. The summed E-state index contributed by atoms with van der Waals surface area (Å²) >= 11 is 0. The Balaban J connectivity index is 1.84. The van der Waals surface area contributed by atoms with Crippen LogP contribution in [0.5, 0.6) is 0 Å². The molecule has 1 unspecified atom stereocenters. The highest BCUT2D eigenvalue weighted by molar-refractivity contribution is 7.79. The van der Waals surface area contributed by atoms with Gasteiger partial charge in [-0.2, -0.15) is 0 Å². The highest BCUT2D eigenvalue weighted by Gasteiger charge is 2.35. The molecular formula is C25H24NOP. The monoisotopic (exact) mass is 385 g/mol. The molecule has 3 heteroatoms. The second kappa shape index (κ2) is 8.04. The minimum absolute atomic E-state index is 0.192. The third-order valence-electron chi connectivity index (χ3n) is 5.22. The van der Waals surface area contributed by atoms with Crippen LogP contribution in [0.2, 0.25) is 0 Å². The third kappa shape index (κ3) is 3.37. The maximum absolute atomic E-state index is 14.6.